The highest BCUT2D eigenvalue weighted by Crippen LogP contribution is 2.30. The molecule has 2 aromatic rings. The molecule has 22 heavy (non-hydrogen) atoms. The van der Waals surface area contributed by atoms with Crippen molar-refractivity contribution in [2.24, 2.45) is 0 Å². The number of aliphatic hydroxyl groups excluding tert-OH is 1. The van der Waals surface area contributed by atoms with Crippen molar-refractivity contribution in [1.82, 2.24) is 4.90 Å². The molecular weight excluding hydrogens is 274 g/mol. The summed E-state index contributed by atoms with van der Waals surface area (Å²) in [6, 6.07) is 17.3. The Hall–Kier alpha value is -1.84. The third kappa shape index (κ3) is 3.87. The van der Waals surface area contributed by atoms with Crippen LogP contribution in [0.5, 0.6) is 5.75 Å². The Labute approximate surface area is 132 Å². The van der Waals surface area contributed by atoms with Crippen LogP contribution in [0.1, 0.15) is 29.5 Å². The van der Waals surface area contributed by atoms with Crippen LogP contribution in [0.4, 0.5) is 0 Å². The lowest BCUT2D eigenvalue weighted by Gasteiger charge is -2.22. The highest BCUT2D eigenvalue weighted by atomic mass is 16.5. The molecule has 0 unspecified atom stereocenters. The Morgan fingerprint density at radius 3 is 1.86 bits per heavy atom. The van der Waals surface area contributed by atoms with Gasteiger partial charge in [0.2, 0.25) is 0 Å². The van der Waals surface area contributed by atoms with Gasteiger partial charge in [0.25, 0.3) is 0 Å². The Kier molecular flexibility index (Phi) is 4.76. The third-order valence-corrected chi connectivity index (χ3v) is 4.20. The largest absolute Gasteiger partial charge is 0.497 e. The van der Waals surface area contributed by atoms with Gasteiger partial charge in [-0.1, -0.05) is 36.4 Å². The van der Waals surface area contributed by atoms with E-state index in [1.165, 1.54) is 24.0 Å². The predicted octanol–water partition coefficient (Wildman–Crippen LogP) is 3.35. The summed E-state index contributed by atoms with van der Waals surface area (Å²) >= 11 is 0. The Bertz CT molecular complexity index is 538. The standard InChI is InChI=1S/C19H23NO2/c1-22-19-10-6-16(7-11-19)13-20(18-8-9-18)12-15-2-4-17(14-21)5-3-15/h2-7,10-11,18,21H,8-9,12-14H2,1H3. The molecule has 1 aliphatic rings. The van der Waals surface area contributed by atoms with Crippen LogP contribution in [0.2, 0.25) is 0 Å². The number of benzene rings is 2. The minimum absolute atomic E-state index is 0.110. The normalized spacial score (nSPS) is 14.3. The molecular formula is C19H23NO2. The third-order valence-electron chi connectivity index (χ3n) is 4.20. The van der Waals surface area contributed by atoms with E-state index < -0.39 is 0 Å². The van der Waals surface area contributed by atoms with E-state index in [1.54, 1.807) is 7.11 Å². The highest BCUT2D eigenvalue weighted by molar-refractivity contribution is 5.27. The summed E-state index contributed by atoms with van der Waals surface area (Å²) in [6.07, 6.45) is 2.59. The van der Waals surface area contributed by atoms with E-state index in [2.05, 4.69) is 29.2 Å². The van der Waals surface area contributed by atoms with Gasteiger partial charge in [-0.2, -0.15) is 0 Å². The Balaban J connectivity index is 1.66. The fourth-order valence-corrected chi connectivity index (χ4v) is 2.70. The van der Waals surface area contributed by atoms with E-state index >= 15 is 0 Å². The lowest BCUT2D eigenvalue weighted by molar-refractivity contribution is 0.245. The SMILES string of the molecule is COc1ccc(CN(Cc2ccc(CO)cc2)C2CC2)cc1. The molecule has 2 aromatic carbocycles. The Morgan fingerprint density at radius 1 is 0.909 bits per heavy atom. The van der Waals surface area contributed by atoms with Crippen molar-refractivity contribution in [3.05, 3.63) is 65.2 Å². The van der Waals surface area contributed by atoms with Crippen LogP contribution in [0.15, 0.2) is 48.5 Å². The maximum absolute atomic E-state index is 9.13. The lowest BCUT2D eigenvalue weighted by Crippen LogP contribution is -2.25. The number of hydrogen-bond donors (Lipinski definition) is 1. The van der Waals surface area contributed by atoms with Crippen LogP contribution in [-0.2, 0) is 19.7 Å². The lowest BCUT2D eigenvalue weighted by atomic mass is 10.1. The zero-order valence-corrected chi connectivity index (χ0v) is 13.0. The first-order valence-electron chi connectivity index (χ1n) is 7.84. The molecule has 1 fully saturated rings. The van der Waals surface area contributed by atoms with Crippen LogP contribution in [0, 0.1) is 0 Å². The smallest absolute Gasteiger partial charge is 0.118 e. The summed E-state index contributed by atoms with van der Waals surface area (Å²) in [4.78, 5) is 2.54. The highest BCUT2D eigenvalue weighted by Gasteiger charge is 2.28. The molecule has 0 aromatic heterocycles. The van der Waals surface area contributed by atoms with E-state index in [9.17, 15) is 0 Å². The van der Waals surface area contributed by atoms with Crippen molar-refractivity contribution in [2.75, 3.05) is 7.11 Å². The van der Waals surface area contributed by atoms with Crippen molar-refractivity contribution in [3.63, 3.8) is 0 Å². The van der Waals surface area contributed by atoms with Gasteiger partial charge in [-0.3, -0.25) is 4.90 Å². The summed E-state index contributed by atoms with van der Waals surface area (Å²) in [5, 5.41) is 9.13. The first-order chi connectivity index (χ1) is 10.8. The monoisotopic (exact) mass is 297 g/mol. The van der Waals surface area contributed by atoms with E-state index in [0.717, 1.165) is 24.4 Å². The van der Waals surface area contributed by atoms with E-state index in [4.69, 9.17) is 9.84 Å². The van der Waals surface area contributed by atoms with Crippen molar-refractivity contribution in [3.8, 4) is 5.75 Å². The topological polar surface area (TPSA) is 32.7 Å². The quantitative estimate of drug-likeness (QED) is 0.850. The molecule has 0 heterocycles. The maximum Gasteiger partial charge on any atom is 0.118 e. The number of hydrogen-bond acceptors (Lipinski definition) is 3. The van der Waals surface area contributed by atoms with Crippen molar-refractivity contribution < 1.29 is 9.84 Å². The Morgan fingerprint density at radius 2 is 1.41 bits per heavy atom. The summed E-state index contributed by atoms with van der Waals surface area (Å²) in [6.45, 7) is 2.04. The molecule has 0 bridgehead atoms. The zero-order chi connectivity index (χ0) is 15.4. The first kappa shape index (κ1) is 15.1. The number of ether oxygens (including phenoxy) is 1. The second-order valence-electron chi connectivity index (χ2n) is 5.96. The van der Waals surface area contributed by atoms with Gasteiger partial charge in [-0.15, -0.1) is 0 Å². The van der Waals surface area contributed by atoms with Crippen molar-refractivity contribution in [2.45, 2.75) is 38.6 Å². The van der Waals surface area contributed by atoms with Gasteiger partial charge >= 0.3 is 0 Å². The average molecular weight is 297 g/mol. The van der Waals surface area contributed by atoms with Crippen molar-refractivity contribution in [1.29, 1.82) is 0 Å². The predicted molar refractivity (Wildman–Crippen MR) is 87.6 cm³/mol. The fraction of sp³-hybridized carbons (Fsp3) is 0.368. The second-order valence-corrected chi connectivity index (χ2v) is 5.96. The number of aliphatic hydroxyl groups is 1. The molecule has 1 saturated carbocycles. The minimum Gasteiger partial charge on any atom is -0.497 e. The van der Waals surface area contributed by atoms with Crippen LogP contribution in [0.25, 0.3) is 0 Å². The van der Waals surface area contributed by atoms with Gasteiger partial charge in [-0.05, 0) is 41.7 Å². The van der Waals surface area contributed by atoms with E-state index in [1.807, 2.05) is 24.3 Å². The number of methoxy groups -OCH3 is 1. The van der Waals surface area contributed by atoms with Crippen LogP contribution < -0.4 is 4.74 Å². The number of nitrogens with zero attached hydrogens (tertiary/aromatic N) is 1. The average Bonchev–Trinajstić information content (AvgIpc) is 3.40. The molecule has 0 radical (unpaired) electrons. The molecule has 0 aliphatic heterocycles. The molecule has 116 valence electrons. The molecule has 1 aliphatic carbocycles. The van der Waals surface area contributed by atoms with Gasteiger partial charge < -0.3 is 9.84 Å². The summed E-state index contributed by atoms with van der Waals surface area (Å²) < 4.78 is 5.22. The zero-order valence-electron chi connectivity index (χ0n) is 13.0. The van der Waals surface area contributed by atoms with E-state index in [-0.39, 0.29) is 6.61 Å². The molecule has 3 rings (SSSR count). The van der Waals surface area contributed by atoms with Gasteiger partial charge in [0.05, 0.1) is 13.7 Å². The van der Waals surface area contributed by atoms with Gasteiger partial charge in [-0.25, -0.2) is 0 Å². The van der Waals surface area contributed by atoms with E-state index in [0.29, 0.717) is 6.04 Å². The molecule has 3 heteroatoms. The van der Waals surface area contributed by atoms with Gasteiger partial charge in [0.15, 0.2) is 0 Å². The maximum atomic E-state index is 9.13. The molecule has 1 N–H and O–H groups in total. The summed E-state index contributed by atoms with van der Waals surface area (Å²) in [5.74, 6) is 0.904. The van der Waals surface area contributed by atoms with Gasteiger partial charge in [0.1, 0.15) is 5.75 Å². The van der Waals surface area contributed by atoms with Crippen molar-refractivity contribution >= 4 is 0 Å². The molecule has 0 atom stereocenters. The number of rotatable bonds is 7. The molecule has 0 saturated heterocycles. The summed E-state index contributed by atoms with van der Waals surface area (Å²) in [7, 11) is 1.70. The van der Waals surface area contributed by atoms with Crippen LogP contribution in [-0.4, -0.2) is 23.2 Å². The molecule has 0 amide bonds. The first-order valence-corrected chi connectivity index (χ1v) is 7.84. The second kappa shape index (κ2) is 6.95. The molecule has 0 spiro atoms. The fourth-order valence-electron chi connectivity index (χ4n) is 2.70. The van der Waals surface area contributed by atoms with Crippen LogP contribution in [0.3, 0.4) is 0 Å². The van der Waals surface area contributed by atoms with Gasteiger partial charge in [0, 0.05) is 19.1 Å². The molecule has 3 nitrogen and oxygen atoms in total. The minimum atomic E-state index is 0.110. The van der Waals surface area contributed by atoms with Crippen LogP contribution >= 0.6 is 0 Å². The summed E-state index contributed by atoms with van der Waals surface area (Å²) in [5.41, 5.74) is 3.59.